The Bertz CT molecular complexity index is 691. The minimum atomic E-state index is -4.58. The van der Waals surface area contributed by atoms with Crippen molar-refractivity contribution in [1.82, 2.24) is 10.2 Å². The molecule has 1 amide bonds. The maximum Gasteiger partial charge on any atom is 0.445 e. The average molecular weight is 380 g/mol. The van der Waals surface area contributed by atoms with Crippen LogP contribution < -0.4 is 9.64 Å². The molecule has 24 heavy (non-hydrogen) atoms. The number of ether oxygens (including phenoxy) is 1. The fourth-order valence-corrected chi connectivity index (χ4v) is 2.51. The summed E-state index contributed by atoms with van der Waals surface area (Å²) in [5.41, 5.74) is 0.628. The summed E-state index contributed by atoms with van der Waals surface area (Å²) in [6, 6.07) is 6.66. The van der Waals surface area contributed by atoms with E-state index in [4.69, 9.17) is 16.3 Å². The number of alkyl halides is 3. The van der Waals surface area contributed by atoms with Gasteiger partial charge in [0.2, 0.25) is 5.01 Å². The molecule has 2 rings (SSSR count). The number of hydrogen-bond acceptors (Lipinski definition) is 5. The predicted molar refractivity (Wildman–Crippen MR) is 84.5 cm³/mol. The van der Waals surface area contributed by atoms with Crippen LogP contribution in [0.1, 0.15) is 18.4 Å². The maximum absolute atomic E-state index is 12.4. The van der Waals surface area contributed by atoms with E-state index in [1.807, 2.05) is 6.92 Å². The van der Waals surface area contributed by atoms with E-state index in [0.717, 1.165) is 0 Å². The largest absolute Gasteiger partial charge is 0.459 e. The van der Waals surface area contributed by atoms with Crippen LogP contribution in [0.15, 0.2) is 24.3 Å². The molecule has 1 aromatic heterocycles. The second kappa shape index (κ2) is 7.80. The fourth-order valence-electron chi connectivity index (χ4n) is 1.83. The van der Waals surface area contributed by atoms with E-state index in [9.17, 15) is 18.0 Å². The second-order valence-corrected chi connectivity index (χ2v) is 6.06. The van der Waals surface area contributed by atoms with Gasteiger partial charge >= 0.3 is 6.18 Å². The first-order valence-electron chi connectivity index (χ1n) is 6.90. The molecule has 2 aromatic rings. The van der Waals surface area contributed by atoms with Crippen LogP contribution in [0.5, 0.6) is 5.19 Å². The normalized spacial score (nSPS) is 11.4. The number of aromatic nitrogens is 2. The minimum absolute atomic E-state index is 0.247. The van der Waals surface area contributed by atoms with Crippen molar-refractivity contribution in [2.45, 2.75) is 19.5 Å². The van der Waals surface area contributed by atoms with Gasteiger partial charge in [0.05, 0.1) is 0 Å². The Labute approximate surface area is 145 Å². The Morgan fingerprint density at radius 1 is 1.29 bits per heavy atom. The Morgan fingerprint density at radius 2 is 1.96 bits per heavy atom. The topological polar surface area (TPSA) is 55.3 Å². The van der Waals surface area contributed by atoms with Gasteiger partial charge in [0.1, 0.15) is 0 Å². The summed E-state index contributed by atoms with van der Waals surface area (Å²) in [6.07, 6.45) is -3.88. The quantitative estimate of drug-likeness (QED) is 0.760. The monoisotopic (exact) mass is 379 g/mol. The van der Waals surface area contributed by atoms with Crippen LogP contribution in [-0.4, -0.2) is 29.3 Å². The highest BCUT2D eigenvalue weighted by Crippen LogP contribution is 2.33. The summed E-state index contributed by atoms with van der Waals surface area (Å²) in [5.74, 6) is -0.400. The summed E-state index contributed by atoms with van der Waals surface area (Å²) < 4.78 is 42.4. The molecule has 0 N–H and O–H groups in total. The Balaban J connectivity index is 2.03. The Morgan fingerprint density at radius 3 is 2.50 bits per heavy atom. The second-order valence-electron chi connectivity index (χ2n) is 4.68. The van der Waals surface area contributed by atoms with Gasteiger partial charge in [-0.2, -0.15) is 13.2 Å². The van der Waals surface area contributed by atoms with Crippen LogP contribution in [0, 0.1) is 0 Å². The predicted octanol–water partition coefficient (Wildman–Crippen LogP) is 4.03. The molecule has 0 aliphatic heterocycles. The molecule has 0 saturated carbocycles. The first-order valence-corrected chi connectivity index (χ1v) is 8.10. The summed E-state index contributed by atoms with van der Waals surface area (Å²) in [6.45, 7) is 1.90. The number of nitrogens with zero attached hydrogens (tertiary/aromatic N) is 3. The molecule has 0 spiro atoms. The van der Waals surface area contributed by atoms with Crippen molar-refractivity contribution in [2.24, 2.45) is 0 Å². The molecule has 130 valence electrons. The highest BCUT2D eigenvalue weighted by molar-refractivity contribution is 7.13. The van der Waals surface area contributed by atoms with Crippen molar-refractivity contribution >= 4 is 34.5 Å². The van der Waals surface area contributed by atoms with E-state index in [0.29, 0.717) is 23.7 Å². The number of amides is 1. The van der Waals surface area contributed by atoms with Gasteiger partial charge in [-0.05, 0) is 30.7 Å². The summed E-state index contributed by atoms with van der Waals surface area (Å²) in [4.78, 5) is 13.8. The molecule has 0 aliphatic carbocycles. The smallest absolute Gasteiger partial charge is 0.445 e. The fraction of sp³-hybridized carbons (Fsp3) is 0.357. The van der Waals surface area contributed by atoms with Crippen molar-refractivity contribution in [1.29, 1.82) is 0 Å². The SMILES string of the molecule is CCCN(C(=O)COc1nnc(C(F)(F)F)s1)c1ccc(Cl)cc1. The number of rotatable bonds is 6. The minimum Gasteiger partial charge on any atom is -0.459 e. The van der Waals surface area contributed by atoms with Crippen LogP contribution in [0.25, 0.3) is 0 Å². The highest BCUT2D eigenvalue weighted by Gasteiger charge is 2.36. The third-order valence-corrected chi connectivity index (χ3v) is 3.99. The number of carbonyl (C=O) groups is 1. The number of halogens is 4. The van der Waals surface area contributed by atoms with Crippen LogP contribution >= 0.6 is 22.9 Å². The van der Waals surface area contributed by atoms with Gasteiger partial charge in [0, 0.05) is 17.3 Å². The average Bonchev–Trinajstić information content (AvgIpc) is 3.00. The Hall–Kier alpha value is -1.87. The van der Waals surface area contributed by atoms with E-state index >= 15 is 0 Å². The highest BCUT2D eigenvalue weighted by atomic mass is 35.5. The number of benzene rings is 1. The molecule has 1 aromatic carbocycles. The van der Waals surface area contributed by atoms with Gasteiger partial charge in [-0.1, -0.05) is 35.0 Å². The van der Waals surface area contributed by atoms with E-state index in [1.165, 1.54) is 4.90 Å². The number of anilines is 1. The van der Waals surface area contributed by atoms with Crippen molar-refractivity contribution in [2.75, 3.05) is 18.1 Å². The van der Waals surface area contributed by atoms with Crippen molar-refractivity contribution < 1.29 is 22.7 Å². The molecule has 0 saturated heterocycles. The number of carbonyl (C=O) groups excluding carboxylic acids is 1. The first kappa shape index (κ1) is 18.5. The van der Waals surface area contributed by atoms with Crippen molar-refractivity contribution in [3.63, 3.8) is 0 Å². The number of hydrogen-bond donors (Lipinski definition) is 0. The lowest BCUT2D eigenvalue weighted by Gasteiger charge is -2.22. The molecule has 10 heteroatoms. The molecule has 0 fully saturated rings. The van der Waals surface area contributed by atoms with Gasteiger partial charge in [-0.3, -0.25) is 4.79 Å². The molecule has 1 heterocycles. The third kappa shape index (κ3) is 4.81. The molecular weight excluding hydrogens is 367 g/mol. The van der Waals surface area contributed by atoms with Gasteiger partial charge in [0.25, 0.3) is 11.1 Å². The van der Waals surface area contributed by atoms with Crippen LogP contribution in [0.4, 0.5) is 18.9 Å². The lowest BCUT2D eigenvalue weighted by molar-refractivity contribution is -0.138. The van der Waals surface area contributed by atoms with Gasteiger partial charge in [-0.15, -0.1) is 5.10 Å². The summed E-state index contributed by atoms with van der Waals surface area (Å²) in [7, 11) is 0. The van der Waals surface area contributed by atoms with E-state index in [1.54, 1.807) is 24.3 Å². The zero-order valence-electron chi connectivity index (χ0n) is 12.5. The molecule has 0 atom stereocenters. The van der Waals surface area contributed by atoms with Crippen molar-refractivity contribution in [3.8, 4) is 5.19 Å². The first-order chi connectivity index (χ1) is 11.3. The van der Waals surface area contributed by atoms with Crippen LogP contribution in [-0.2, 0) is 11.0 Å². The van der Waals surface area contributed by atoms with Gasteiger partial charge in [-0.25, -0.2) is 0 Å². The van der Waals surface area contributed by atoms with E-state index in [-0.39, 0.29) is 16.5 Å². The lowest BCUT2D eigenvalue weighted by atomic mass is 10.2. The van der Waals surface area contributed by atoms with Gasteiger partial charge in [0.15, 0.2) is 6.61 Å². The standard InChI is InChI=1S/C14H13ClF3N3O2S/c1-2-7-21(10-5-3-9(15)4-6-10)11(22)8-23-13-20-19-12(24-13)14(16,17)18/h3-6H,2,7-8H2,1H3. The van der Waals surface area contributed by atoms with Crippen LogP contribution in [0.3, 0.4) is 0 Å². The Kier molecular flexibility index (Phi) is 6.00. The molecule has 0 radical (unpaired) electrons. The van der Waals surface area contributed by atoms with Crippen LogP contribution in [0.2, 0.25) is 5.02 Å². The maximum atomic E-state index is 12.4. The van der Waals surface area contributed by atoms with Crippen molar-refractivity contribution in [3.05, 3.63) is 34.3 Å². The summed E-state index contributed by atoms with van der Waals surface area (Å²) >= 11 is 6.07. The molecule has 0 unspecified atom stereocenters. The molecule has 0 bridgehead atoms. The summed E-state index contributed by atoms with van der Waals surface area (Å²) in [5, 5.41) is 5.39. The van der Waals surface area contributed by atoms with E-state index in [2.05, 4.69) is 10.2 Å². The molecule has 0 aliphatic rings. The molecular formula is C14H13ClF3N3O2S. The zero-order valence-corrected chi connectivity index (χ0v) is 14.1. The lowest BCUT2D eigenvalue weighted by Crippen LogP contribution is -2.35. The van der Waals surface area contributed by atoms with E-state index < -0.39 is 23.7 Å². The third-order valence-electron chi connectivity index (χ3n) is 2.85. The van der Waals surface area contributed by atoms with Gasteiger partial charge < -0.3 is 9.64 Å². The zero-order chi connectivity index (χ0) is 17.7. The molecule has 5 nitrogen and oxygen atoms in total.